The van der Waals surface area contributed by atoms with Gasteiger partial charge in [-0.1, -0.05) is 46.8 Å². The standard InChI is InChI=1S/C23H30N3O6S/c27-11-16-17(28)18(29)19(30)22(31-16)26-8-12-6-14(9-26)20(15(7-12)10-26)32-23-25-24-21(33-23)13-4-2-1-3-5-13/h1-5,12,14-20,22,27-30H,6-11H2/q+1/t12?,14-,15+,16-,17-,18+,19-,20?,22-,26?/m1/s1. The molecule has 9 nitrogen and oxygen atoms in total. The fourth-order valence-corrected chi connectivity index (χ4v) is 7.64. The number of rotatable bonds is 5. The molecule has 4 N–H and O–H groups in total. The molecule has 5 heterocycles. The smallest absolute Gasteiger partial charge is 0.294 e. The maximum atomic E-state index is 10.8. The Morgan fingerprint density at radius 3 is 2.39 bits per heavy atom. The van der Waals surface area contributed by atoms with E-state index in [4.69, 9.17) is 9.47 Å². The summed E-state index contributed by atoms with van der Waals surface area (Å²) >= 11 is 1.46. The number of quaternary nitrogens is 1. The Balaban J connectivity index is 1.21. The highest BCUT2D eigenvalue weighted by atomic mass is 32.1. The van der Waals surface area contributed by atoms with Crippen LogP contribution in [0.15, 0.2) is 30.3 Å². The quantitative estimate of drug-likeness (QED) is 0.453. The molecule has 2 aromatic rings. The Labute approximate surface area is 195 Å². The monoisotopic (exact) mass is 476 g/mol. The van der Waals surface area contributed by atoms with Gasteiger partial charge >= 0.3 is 0 Å². The second kappa shape index (κ2) is 8.23. The number of benzene rings is 1. The van der Waals surface area contributed by atoms with Crippen LogP contribution < -0.4 is 4.74 Å². The summed E-state index contributed by atoms with van der Waals surface area (Å²) in [7, 11) is 0. The largest absolute Gasteiger partial charge is 0.465 e. The highest BCUT2D eigenvalue weighted by Gasteiger charge is 2.63. The van der Waals surface area contributed by atoms with Crippen molar-refractivity contribution in [2.75, 3.05) is 26.2 Å². The number of aromatic nitrogens is 2. The highest BCUT2D eigenvalue weighted by molar-refractivity contribution is 7.16. The van der Waals surface area contributed by atoms with E-state index in [9.17, 15) is 20.4 Å². The normalized spacial score (nSPS) is 44.2. The molecule has 10 heteroatoms. The van der Waals surface area contributed by atoms with Crippen molar-refractivity contribution in [3.05, 3.63) is 30.3 Å². The Bertz CT molecular complexity index is 974. The molecule has 1 aliphatic carbocycles. The number of aliphatic hydroxyl groups is 4. The molecule has 0 spiro atoms. The summed E-state index contributed by atoms with van der Waals surface area (Å²) in [5.41, 5.74) is 1.02. The first-order valence-corrected chi connectivity index (χ1v) is 12.5. The molecule has 0 radical (unpaired) electrons. The van der Waals surface area contributed by atoms with E-state index in [1.165, 1.54) is 11.3 Å². The molecule has 4 saturated heterocycles. The zero-order valence-electron chi connectivity index (χ0n) is 18.2. The lowest BCUT2D eigenvalue weighted by molar-refractivity contribution is -1.00. The topological polar surface area (TPSA) is 125 Å². The van der Waals surface area contributed by atoms with E-state index in [1.807, 2.05) is 30.3 Å². The molecule has 5 fully saturated rings. The molecule has 1 saturated carbocycles. The van der Waals surface area contributed by atoms with E-state index < -0.39 is 37.3 Å². The minimum atomic E-state index is -1.34. The van der Waals surface area contributed by atoms with Crippen LogP contribution in [0.5, 0.6) is 5.19 Å². The third kappa shape index (κ3) is 3.59. The summed E-state index contributed by atoms with van der Waals surface area (Å²) in [5, 5.41) is 51.1. The van der Waals surface area contributed by atoms with Gasteiger partial charge in [-0.15, -0.1) is 5.10 Å². The van der Waals surface area contributed by atoms with Crippen LogP contribution >= 0.6 is 11.3 Å². The van der Waals surface area contributed by atoms with Gasteiger partial charge in [-0.3, -0.25) is 4.48 Å². The summed E-state index contributed by atoms with van der Waals surface area (Å²) in [4.78, 5) is 0. The predicted octanol–water partition coefficient (Wildman–Crippen LogP) is 0.239. The van der Waals surface area contributed by atoms with Gasteiger partial charge in [0.25, 0.3) is 5.19 Å². The highest BCUT2D eigenvalue weighted by Crippen LogP contribution is 2.51. The predicted molar refractivity (Wildman–Crippen MR) is 118 cm³/mol. The van der Waals surface area contributed by atoms with E-state index in [1.54, 1.807) is 0 Å². The molecule has 33 heavy (non-hydrogen) atoms. The van der Waals surface area contributed by atoms with Gasteiger partial charge in [0.1, 0.15) is 24.4 Å². The molecular formula is C23H30N3O6S+. The molecule has 1 aromatic heterocycles. The van der Waals surface area contributed by atoms with E-state index >= 15 is 0 Å². The fraction of sp³-hybridized carbons (Fsp3) is 0.652. The van der Waals surface area contributed by atoms with Gasteiger partial charge in [-0.05, 0) is 12.8 Å². The Morgan fingerprint density at radius 1 is 0.970 bits per heavy atom. The van der Waals surface area contributed by atoms with Crippen molar-refractivity contribution in [1.29, 1.82) is 0 Å². The van der Waals surface area contributed by atoms with Crippen molar-refractivity contribution < 1.29 is 34.4 Å². The minimum absolute atomic E-state index is 0.0364. The van der Waals surface area contributed by atoms with Crippen LogP contribution in [0.1, 0.15) is 12.8 Å². The number of ether oxygens (including phenoxy) is 2. The second-order valence-electron chi connectivity index (χ2n) is 10.2. The lowest BCUT2D eigenvalue weighted by Gasteiger charge is -2.63. The molecule has 3 unspecified atom stereocenters. The van der Waals surface area contributed by atoms with Crippen molar-refractivity contribution >= 4 is 11.3 Å². The molecule has 178 valence electrons. The first-order chi connectivity index (χ1) is 16.0. The van der Waals surface area contributed by atoms with Gasteiger partial charge in [0, 0.05) is 23.3 Å². The molecule has 7 rings (SSSR count). The van der Waals surface area contributed by atoms with Gasteiger partial charge in [-0.25, -0.2) is 0 Å². The van der Waals surface area contributed by atoms with E-state index in [2.05, 4.69) is 10.2 Å². The molecule has 4 aliphatic heterocycles. The molecule has 0 amide bonds. The van der Waals surface area contributed by atoms with Crippen LogP contribution in [0.4, 0.5) is 0 Å². The first-order valence-electron chi connectivity index (χ1n) is 11.7. The zero-order valence-corrected chi connectivity index (χ0v) is 19.0. The molecular weight excluding hydrogens is 446 g/mol. The summed E-state index contributed by atoms with van der Waals surface area (Å²) < 4.78 is 13.0. The van der Waals surface area contributed by atoms with Crippen LogP contribution in [0.25, 0.3) is 10.6 Å². The van der Waals surface area contributed by atoms with Crippen LogP contribution in [0.2, 0.25) is 0 Å². The number of aliphatic hydroxyl groups excluding tert-OH is 4. The average molecular weight is 477 g/mol. The third-order valence-electron chi connectivity index (χ3n) is 8.09. The zero-order chi connectivity index (χ0) is 22.7. The SMILES string of the molecule is OC[C@H]1O[C@@H]([N+]23CC4C[C@H](C2)C(Oc2nnc(-c5ccccc5)s2)[C@@H](C4)C3)[C@H](O)[C@@H](O)[C@@H]1O. The van der Waals surface area contributed by atoms with Crippen LogP contribution in [0.3, 0.4) is 0 Å². The average Bonchev–Trinajstić information content (AvgIpc) is 3.29. The Morgan fingerprint density at radius 2 is 1.70 bits per heavy atom. The first kappa shape index (κ1) is 21.8. The van der Waals surface area contributed by atoms with Gasteiger partial charge in [-0.2, -0.15) is 0 Å². The number of hydrogen-bond donors (Lipinski definition) is 4. The van der Waals surface area contributed by atoms with Gasteiger partial charge in [0.05, 0.1) is 26.2 Å². The molecule has 5 aliphatic rings. The Kier molecular flexibility index (Phi) is 5.45. The van der Waals surface area contributed by atoms with Gasteiger partial charge in [0.2, 0.25) is 6.23 Å². The van der Waals surface area contributed by atoms with Crippen LogP contribution in [-0.2, 0) is 4.74 Å². The van der Waals surface area contributed by atoms with Gasteiger partial charge in [0.15, 0.2) is 11.1 Å². The van der Waals surface area contributed by atoms with E-state index in [0.717, 1.165) is 43.0 Å². The summed E-state index contributed by atoms with van der Waals surface area (Å²) in [6, 6.07) is 9.95. The van der Waals surface area contributed by atoms with Crippen molar-refractivity contribution in [2.45, 2.75) is 49.6 Å². The summed E-state index contributed by atoms with van der Waals surface area (Å²) in [6.45, 7) is 2.01. The number of nitrogens with zero attached hydrogens (tertiary/aromatic N) is 3. The van der Waals surface area contributed by atoms with Crippen LogP contribution in [-0.4, -0.2) is 98.1 Å². The van der Waals surface area contributed by atoms with Crippen molar-refractivity contribution in [3.63, 3.8) is 0 Å². The van der Waals surface area contributed by atoms with Gasteiger partial charge < -0.3 is 29.9 Å². The van der Waals surface area contributed by atoms with E-state index in [0.29, 0.717) is 15.6 Å². The Hall–Kier alpha value is -1.66. The second-order valence-corrected chi connectivity index (χ2v) is 11.1. The molecule has 10 atom stereocenters. The molecule has 4 bridgehead atoms. The fourth-order valence-electron chi connectivity index (χ4n) is 6.89. The maximum Gasteiger partial charge on any atom is 0.294 e. The lowest BCUT2D eigenvalue weighted by Crippen LogP contribution is -2.78. The van der Waals surface area contributed by atoms with Crippen molar-refractivity contribution in [2.24, 2.45) is 17.8 Å². The number of hydrogen-bond acceptors (Lipinski definition) is 9. The minimum Gasteiger partial charge on any atom is -0.465 e. The summed E-state index contributed by atoms with van der Waals surface area (Å²) in [6.07, 6.45) is -3.25. The van der Waals surface area contributed by atoms with Crippen molar-refractivity contribution in [3.8, 4) is 15.8 Å². The summed E-state index contributed by atoms with van der Waals surface area (Å²) in [5.74, 6) is 1.07. The maximum absolute atomic E-state index is 10.8. The lowest BCUT2D eigenvalue weighted by atomic mass is 9.64. The number of piperidine rings is 3. The third-order valence-corrected chi connectivity index (χ3v) is 8.95. The van der Waals surface area contributed by atoms with E-state index in [-0.39, 0.29) is 17.9 Å². The molecule has 1 aromatic carbocycles. The van der Waals surface area contributed by atoms with Crippen molar-refractivity contribution in [1.82, 2.24) is 10.2 Å². The van der Waals surface area contributed by atoms with Crippen LogP contribution in [0, 0.1) is 17.8 Å².